The summed E-state index contributed by atoms with van der Waals surface area (Å²) < 4.78 is 5.41. The Morgan fingerprint density at radius 1 is 1.53 bits per heavy atom. The van der Waals surface area contributed by atoms with E-state index in [0.29, 0.717) is 12.4 Å². The largest absolute Gasteiger partial charge is 0.441 e. The second-order valence-corrected chi connectivity index (χ2v) is 3.54. The van der Waals surface area contributed by atoms with Gasteiger partial charge in [-0.15, -0.1) is 0 Å². The molecular formula is C11H15N3O. The molecule has 0 amide bonds. The molecule has 0 saturated carbocycles. The Morgan fingerprint density at radius 3 is 3.00 bits per heavy atom. The zero-order valence-electron chi connectivity index (χ0n) is 8.95. The average molecular weight is 205 g/mol. The van der Waals surface area contributed by atoms with Crippen molar-refractivity contribution in [3.63, 3.8) is 0 Å². The van der Waals surface area contributed by atoms with Gasteiger partial charge in [0.1, 0.15) is 5.52 Å². The predicted octanol–water partition coefficient (Wildman–Crippen LogP) is 1.36. The lowest BCUT2D eigenvalue weighted by atomic mass is 10.1. The summed E-state index contributed by atoms with van der Waals surface area (Å²) in [7, 11) is 1.90. The summed E-state index contributed by atoms with van der Waals surface area (Å²) in [6.07, 6.45) is 0. The maximum atomic E-state index is 5.66. The van der Waals surface area contributed by atoms with Crippen LogP contribution in [-0.4, -0.2) is 18.6 Å². The van der Waals surface area contributed by atoms with Crippen molar-refractivity contribution in [2.24, 2.45) is 5.73 Å². The van der Waals surface area contributed by atoms with Crippen molar-refractivity contribution in [1.82, 2.24) is 10.3 Å². The molecule has 4 nitrogen and oxygen atoms in total. The lowest BCUT2D eigenvalue weighted by Crippen LogP contribution is -2.24. The lowest BCUT2D eigenvalue weighted by molar-refractivity contribution is 0.560. The van der Waals surface area contributed by atoms with Gasteiger partial charge in [0.15, 0.2) is 11.5 Å². The Morgan fingerprint density at radius 2 is 2.33 bits per heavy atom. The molecule has 2 rings (SSSR count). The molecule has 3 N–H and O–H groups in total. The average Bonchev–Trinajstić information content (AvgIpc) is 2.59. The van der Waals surface area contributed by atoms with Gasteiger partial charge in [-0.1, -0.05) is 6.07 Å². The minimum absolute atomic E-state index is 0.173. The van der Waals surface area contributed by atoms with Crippen molar-refractivity contribution in [2.45, 2.75) is 13.0 Å². The van der Waals surface area contributed by atoms with Crippen LogP contribution in [0.4, 0.5) is 0 Å². The molecule has 0 aliphatic rings. The third-order valence-corrected chi connectivity index (χ3v) is 2.51. The molecule has 80 valence electrons. The van der Waals surface area contributed by atoms with Gasteiger partial charge in [0, 0.05) is 19.5 Å². The van der Waals surface area contributed by atoms with Crippen molar-refractivity contribution in [3.05, 3.63) is 29.7 Å². The van der Waals surface area contributed by atoms with Gasteiger partial charge in [-0.3, -0.25) is 0 Å². The van der Waals surface area contributed by atoms with Crippen molar-refractivity contribution in [1.29, 1.82) is 0 Å². The van der Waals surface area contributed by atoms with Gasteiger partial charge in [-0.25, -0.2) is 4.98 Å². The van der Waals surface area contributed by atoms with Crippen LogP contribution in [0.15, 0.2) is 22.6 Å². The number of fused-ring (bicyclic) bond motifs is 1. The molecule has 2 aromatic rings. The van der Waals surface area contributed by atoms with E-state index in [9.17, 15) is 0 Å². The van der Waals surface area contributed by atoms with Crippen LogP contribution in [0.3, 0.4) is 0 Å². The first kappa shape index (κ1) is 10.1. The third kappa shape index (κ3) is 1.86. The minimum atomic E-state index is 0.173. The molecule has 0 spiro atoms. The Balaban J connectivity index is 2.45. The van der Waals surface area contributed by atoms with Gasteiger partial charge in [0.25, 0.3) is 0 Å². The number of likely N-dealkylation sites (N-methyl/N-ethyl adjacent to an activating group) is 1. The van der Waals surface area contributed by atoms with Gasteiger partial charge in [0.2, 0.25) is 0 Å². The van der Waals surface area contributed by atoms with Gasteiger partial charge < -0.3 is 15.5 Å². The van der Waals surface area contributed by atoms with Crippen LogP contribution in [0.25, 0.3) is 11.1 Å². The van der Waals surface area contributed by atoms with Crippen LogP contribution in [0.5, 0.6) is 0 Å². The van der Waals surface area contributed by atoms with E-state index < -0.39 is 0 Å². The number of hydrogen-bond acceptors (Lipinski definition) is 4. The molecule has 15 heavy (non-hydrogen) atoms. The number of rotatable bonds is 3. The summed E-state index contributed by atoms with van der Waals surface area (Å²) in [4.78, 5) is 4.29. The molecule has 1 aromatic carbocycles. The highest BCUT2D eigenvalue weighted by molar-refractivity contribution is 5.73. The number of oxazole rings is 1. The summed E-state index contributed by atoms with van der Waals surface area (Å²) in [6, 6.07) is 6.14. The first-order valence-electron chi connectivity index (χ1n) is 4.99. The zero-order valence-corrected chi connectivity index (χ0v) is 8.95. The van der Waals surface area contributed by atoms with E-state index in [4.69, 9.17) is 10.2 Å². The topological polar surface area (TPSA) is 64.1 Å². The first-order chi connectivity index (χ1) is 7.24. The van der Waals surface area contributed by atoms with E-state index >= 15 is 0 Å². The van der Waals surface area contributed by atoms with Crippen LogP contribution in [-0.2, 0) is 0 Å². The van der Waals surface area contributed by atoms with Gasteiger partial charge in [-0.05, 0) is 24.7 Å². The van der Waals surface area contributed by atoms with Crippen molar-refractivity contribution >= 4 is 11.1 Å². The van der Waals surface area contributed by atoms with Crippen LogP contribution in [0, 0.1) is 6.92 Å². The Bertz CT molecular complexity index is 460. The van der Waals surface area contributed by atoms with E-state index in [1.807, 2.05) is 32.2 Å². The van der Waals surface area contributed by atoms with Gasteiger partial charge in [-0.2, -0.15) is 0 Å². The van der Waals surface area contributed by atoms with Gasteiger partial charge >= 0.3 is 0 Å². The second kappa shape index (κ2) is 4.00. The molecule has 0 bridgehead atoms. The molecule has 1 heterocycles. The molecule has 0 aliphatic carbocycles. The fourth-order valence-electron chi connectivity index (χ4n) is 1.70. The highest BCUT2D eigenvalue weighted by Crippen LogP contribution is 2.20. The summed E-state index contributed by atoms with van der Waals surface area (Å²) in [5.41, 5.74) is 8.51. The maximum absolute atomic E-state index is 5.66. The van der Waals surface area contributed by atoms with Crippen LogP contribution in [0.2, 0.25) is 0 Å². The monoisotopic (exact) mass is 205 g/mol. The summed E-state index contributed by atoms with van der Waals surface area (Å²) >= 11 is 0. The summed E-state index contributed by atoms with van der Waals surface area (Å²) in [5.74, 6) is 0.691. The highest BCUT2D eigenvalue weighted by Gasteiger charge is 2.09. The number of nitrogens with zero attached hydrogens (tertiary/aromatic N) is 1. The lowest BCUT2D eigenvalue weighted by Gasteiger charge is -2.13. The second-order valence-electron chi connectivity index (χ2n) is 3.54. The summed E-state index contributed by atoms with van der Waals surface area (Å²) in [6.45, 7) is 2.41. The molecule has 0 fully saturated rings. The van der Waals surface area contributed by atoms with E-state index in [-0.39, 0.29) is 6.04 Å². The van der Waals surface area contributed by atoms with Crippen molar-refractivity contribution in [3.8, 4) is 0 Å². The predicted molar refractivity (Wildman–Crippen MR) is 59.6 cm³/mol. The molecule has 0 radical (unpaired) electrons. The molecule has 1 aromatic heterocycles. The van der Waals surface area contributed by atoms with E-state index in [0.717, 1.165) is 16.7 Å². The van der Waals surface area contributed by atoms with Gasteiger partial charge in [0.05, 0.1) is 0 Å². The first-order valence-corrected chi connectivity index (χ1v) is 4.99. The Labute approximate surface area is 88.5 Å². The zero-order chi connectivity index (χ0) is 10.8. The standard InChI is InChI=1S/C11H15N3O/c1-7-14-9-5-8(10(6-12)13-2)3-4-11(9)15-7/h3-5,10,13H,6,12H2,1-2H3. The van der Waals surface area contributed by atoms with Crippen LogP contribution in [0.1, 0.15) is 17.5 Å². The molecular weight excluding hydrogens is 190 g/mol. The maximum Gasteiger partial charge on any atom is 0.192 e. The molecule has 0 aliphatic heterocycles. The highest BCUT2D eigenvalue weighted by atomic mass is 16.3. The fraction of sp³-hybridized carbons (Fsp3) is 0.364. The molecule has 1 unspecified atom stereocenters. The van der Waals surface area contributed by atoms with E-state index in [1.54, 1.807) is 0 Å². The van der Waals surface area contributed by atoms with Crippen LogP contribution < -0.4 is 11.1 Å². The Hall–Kier alpha value is -1.39. The minimum Gasteiger partial charge on any atom is -0.441 e. The summed E-state index contributed by atoms with van der Waals surface area (Å²) in [5, 5.41) is 3.16. The third-order valence-electron chi connectivity index (χ3n) is 2.51. The SMILES string of the molecule is CNC(CN)c1ccc2oc(C)nc2c1. The number of nitrogens with one attached hydrogen (secondary N) is 1. The normalized spacial score (nSPS) is 13.3. The van der Waals surface area contributed by atoms with Crippen LogP contribution >= 0.6 is 0 Å². The van der Waals surface area contributed by atoms with Crippen molar-refractivity contribution in [2.75, 3.05) is 13.6 Å². The van der Waals surface area contributed by atoms with E-state index in [2.05, 4.69) is 10.3 Å². The number of nitrogens with two attached hydrogens (primary N) is 1. The number of benzene rings is 1. The fourth-order valence-corrected chi connectivity index (χ4v) is 1.70. The van der Waals surface area contributed by atoms with Crippen molar-refractivity contribution < 1.29 is 4.42 Å². The Kier molecular flexibility index (Phi) is 2.70. The number of aryl methyl sites for hydroxylation is 1. The quantitative estimate of drug-likeness (QED) is 0.794. The van der Waals surface area contributed by atoms with E-state index in [1.165, 1.54) is 0 Å². The molecule has 4 heteroatoms. The molecule has 0 saturated heterocycles. The number of aromatic nitrogens is 1. The molecule has 1 atom stereocenters. The number of hydrogen-bond donors (Lipinski definition) is 2. The smallest absolute Gasteiger partial charge is 0.192 e.